The molecule has 5 nitrogen and oxygen atoms in total. The molecule has 6 rings (SSSR count). The minimum atomic E-state index is -0.0188. The fourth-order valence-corrected chi connectivity index (χ4v) is 5.69. The predicted molar refractivity (Wildman–Crippen MR) is 104 cm³/mol. The van der Waals surface area contributed by atoms with Gasteiger partial charge >= 0.3 is 0 Å². The first-order valence-corrected chi connectivity index (χ1v) is 10.4. The van der Waals surface area contributed by atoms with Gasteiger partial charge < -0.3 is 9.73 Å². The van der Waals surface area contributed by atoms with E-state index in [-0.39, 0.29) is 11.9 Å². The molecular weight excluding hydrogens is 429 g/mol. The molecule has 3 saturated heterocycles. The molecule has 1 aromatic heterocycles. The molecule has 1 aliphatic carbocycles. The van der Waals surface area contributed by atoms with Crippen LogP contribution in [0, 0.1) is 11.8 Å². The number of alkyl halides is 1. The lowest BCUT2D eigenvalue weighted by atomic mass is 9.84. The second-order valence-corrected chi connectivity index (χ2v) is 9.05. The summed E-state index contributed by atoms with van der Waals surface area (Å²) in [5.41, 5.74) is 2.07. The predicted octanol–water partition coefficient (Wildman–Crippen LogP) is 3.54. The van der Waals surface area contributed by atoms with Gasteiger partial charge in [-0.05, 0) is 56.3 Å². The van der Waals surface area contributed by atoms with Gasteiger partial charge in [-0.15, -0.1) is 0 Å². The summed E-state index contributed by atoms with van der Waals surface area (Å²) in [7, 11) is 0. The van der Waals surface area contributed by atoms with Gasteiger partial charge in [-0.1, -0.05) is 35.6 Å². The number of oxazole rings is 1. The van der Waals surface area contributed by atoms with Crippen LogP contribution in [-0.4, -0.2) is 39.0 Å². The standard InChI is InChI=1S/C19H22IN3O2/c1-10-9-13(10)19-22-16-12(3-2-4-14(16)25-19)18(24)21-15-11-5-7-23(8-6-11)17(15)20/h2-4,10-11,13,15,17H,5-9H2,1H3,(H,21,24). The summed E-state index contributed by atoms with van der Waals surface area (Å²) in [6.45, 7) is 4.53. The van der Waals surface area contributed by atoms with Gasteiger partial charge in [-0.3, -0.25) is 9.69 Å². The number of nitrogens with one attached hydrogen (secondary N) is 1. The molecule has 1 saturated carbocycles. The van der Waals surface area contributed by atoms with Gasteiger partial charge in [0.1, 0.15) is 5.52 Å². The molecule has 132 valence electrons. The summed E-state index contributed by atoms with van der Waals surface area (Å²) in [4.78, 5) is 20.1. The molecule has 0 spiro atoms. The number of piperidine rings is 3. The van der Waals surface area contributed by atoms with Crippen molar-refractivity contribution in [2.45, 2.75) is 42.2 Å². The number of para-hydroxylation sites is 1. The van der Waals surface area contributed by atoms with Crippen molar-refractivity contribution in [2.24, 2.45) is 11.8 Å². The van der Waals surface area contributed by atoms with Crippen molar-refractivity contribution in [1.82, 2.24) is 15.2 Å². The Balaban J connectivity index is 1.42. The number of hydrogen-bond donors (Lipinski definition) is 1. The summed E-state index contributed by atoms with van der Waals surface area (Å²) < 4.78 is 6.30. The highest BCUT2D eigenvalue weighted by molar-refractivity contribution is 14.1. The van der Waals surface area contributed by atoms with Crippen molar-refractivity contribution in [3.63, 3.8) is 0 Å². The number of amides is 1. The molecule has 2 aromatic rings. The number of carbonyl (C=O) groups excluding carboxylic acids is 1. The maximum Gasteiger partial charge on any atom is 0.253 e. The maximum atomic E-state index is 13.0. The van der Waals surface area contributed by atoms with Gasteiger partial charge in [-0.25, -0.2) is 4.98 Å². The lowest BCUT2D eigenvalue weighted by Crippen LogP contribution is -2.61. The summed E-state index contributed by atoms with van der Waals surface area (Å²) >= 11 is 2.48. The Morgan fingerprint density at radius 2 is 2.12 bits per heavy atom. The smallest absolute Gasteiger partial charge is 0.253 e. The summed E-state index contributed by atoms with van der Waals surface area (Å²) in [5.74, 6) is 2.42. The molecule has 2 bridgehead atoms. The lowest BCUT2D eigenvalue weighted by Gasteiger charge is -2.48. The summed E-state index contributed by atoms with van der Waals surface area (Å²) in [6, 6.07) is 5.89. The Bertz CT molecular complexity index is 825. The number of hydrogen-bond acceptors (Lipinski definition) is 4. The Kier molecular flexibility index (Phi) is 3.82. The number of benzene rings is 1. The first kappa shape index (κ1) is 16.1. The molecule has 1 aromatic carbocycles. The minimum Gasteiger partial charge on any atom is -0.440 e. The van der Waals surface area contributed by atoms with E-state index < -0.39 is 0 Å². The van der Waals surface area contributed by atoms with Crippen molar-refractivity contribution < 1.29 is 9.21 Å². The lowest BCUT2D eigenvalue weighted by molar-refractivity contribution is 0.0554. The monoisotopic (exact) mass is 451 g/mol. The van der Waals surface area contributed by atoms with E-state index in [0.29, 0.717) is 32.9 Å². The van der Waals surface area contributed by atoms with Gasteiger partial charge in [0.15, 0.2) is 11.5 Å². The second-order valence-electron chi connectivity index (χ2n) is 7.77. The normalized spacial score (nSPS) is 36.6. The van der Waals surface area contributed by atoms with Crippen molar-refractivity contribution in [2.75, 3.05) is 13.1 Å². The van der Waals surface area contributed by atoms with Crippen LogP contribution in [0.1, 0.15) is 48.4 Å². The van der Waals surface area contributed by atoms with Crippen molar-refractivity contribution in [1.29, 1.82) is 0 Å². The van der Waals surface area contributed by atoms with Gasteiger partial charge in [0.2, 0.25) is 0 Å². The topological polar surface area (TPSA) is 58.4 Å². The largest absolute Gasteiger partial charge is 0.440 e. The zero-order chi connectivity index (χ0) is 17.1. The fourth-order valence-electron chi connectivity index (χ4n) is 4.37. The van der Waals surface area contributed by atoms with E-state index in [1.54, 1.807) is 0 Å². The van der Waals surface area contributed by atoms with Crippen LogP contribution in [0.25, 0.3) is 11.1 Å². The van der Waals surface area contributed by atoms with Crippen molar-refractivity contribution >= 4 is 39.6 Å². The number of nitrogens with zero attached hydrogens (tertiary/aromatic N) is 2. The Morgan fingerprint density at radius 1 is 1.36 bits per heavy atom. The fraction of sp³-hybridized carbons (Fsp3) is 0.579. The third-order valence-electron chi connectivity index (χ3n) is 6.13. The maximum absolute atomic E-state index is 13.0. The number of aromatic nitrogens is 1. The van der Waals surface area contributed by atoms with Crippen LogP contribution in [0.4, 0.5) is 0 Å². The summed E-state index contributed by atoms with van der Waals surface area (Å²) in [6.07, 6.45) is 3.50. The van der Waals surface area contributed by atoms with E-state index in [1.165, 1.54) is 12.8 Å². The first-order valence-electron chi connectivity index (χ1n) is 9.20. The Morgan fingerprint density at radius 3 is 2.80 bits per heavy atom. The molecule has 4 aliphatic rings. The number of fused-ring (bicyclic) bond motifs is 4. The van der Waals surface area contributed by atoms with E-state index in [1.807, 2.05) is 18.2 Å². The minimum absolute atomic E-state index is 0.0188. The molecule has 1 amide bonds. The van der Waals surface area contributed by atoms with E-state index >= 15 is 0 Å². The van der Waals surface area contributed by atoms with Crippen LogP contribution in [-0.2, 0) is 0 Å². The molecule has 3 aliphatic heterocycles. The van der Waals surface area contributed by atoms with Crippen LogP contribution >= 0.6 is 22.6 Å². The molecule has 4 unspecified atom stereocenters. The average Bonchev–Trinajstić information content (AvgIpc) is 3.19. The Hall–Kier alpha value is -1.15. The van der Waals surface area contributed by atoms with Gasteiger partial charge in [0, 0.05) is 5.92 Å². The highest BCUT2D eigenvalue weighted by Gasteiger charge is 2.42. The van der Waals surface area contributed by atoms with E-state index in [4.69, 9.17) is 4.42 Å². The number of carbonyl (C=O) groups is 1. The molecule has 6 heteroatoms. The highest BCUT2D eigenvalue weighted by atomic mass is 127. The zero-order valence-corrected chi connectivity index (χ0v) is 16.4. The Labute approximate surface area is 160 Å². The third kappa shape index (κ3) is 2.68. The van der Waals surface area contributed by atoms with Crippen LogP contribution in [0.5, 0.6) is 0 Å². The number of halogens is 1. The van der Waals surface area contributed by atoms with Gasteiger partial charge in [0.05, 0.1) is 15.7 Å². The number of rotatable bonds is 3. The quantitative estimate of drug-likeness (QED) is 0.441. The summed E-state index contributed by atoms with van der Waals surface area (Å²) in [5, 5.41) is 3.30. The van der Waals surface area contributed by atoms with Gasteiger partial charge in [0.25, 0.3) is 5.91 Å². The van der Waals surface area contributed by atoms with Crippen LogP contribution in [0.2, 0.25) is 0 Å². The van der Waals surface area contributed by atoms with E-state index in [2.05, 4.69) is 44.7 Å². The molecule has 4 heterocycles. The van der Waals surface area contributed by atoms with Gasteiger partial charge in [-0.2, -0.15) is 0 Å². The van der Waals surface area contributed by atoms with E-state index in [0.717, 1.165) is 31.0 Å². The SMILES string of the molecule is CC1CC1c1nc2c(C(=O)NC3C4CCN(CC4)C3I)cccc2o1. The molecule has 4 fully saturated rings. The molecule has 1 N–H and O–H groups in total. The van der Waals surface area contributed by atoms with Crippen molar-refractivity contribution in [3.05, 3.63) is 29.7 Å². The molecule has 25 heavy (non-hydrogen) atoms. The molecular formula is C19H22IN3O2. The van der Waals surface area contributed by atoms with Crippen LogP contribution in [0.3, 0.4) is 0 Å². The third-order valence-corrected chi connectivity index (χ3v) is 7.69. The van der Waals surface area contributed by atoms with Crippen molar-refractivity contribution in [3.8, 4) is 0 Å². The van der Waals surface area contributed by atoms with Crippen LogP contribution < -0.4 is 5.32 Å². The average molecular weight is 451 g/mol. The van der Waals surface area contributed by atoms with Crippen LogP contribution in [0.15, 0.2) is 22.6 Å². The highest BCUT2D eigenvalue weighted by Crippen LogP contribution is 2.47. The first-order chi connectivity index (χ1) is 12.1. The van der Waals surface area contributed by atoms with E-state index in [9.17, 15) is 4.79 Å². The second kappa shape index (κ2) is 5.94. The zero-order valence-electron chi connectivity index (χ0n) is 14.2. The molecule has 4 atom stereocenters. The molecule has 0 radical (unpaired) electrons.